The van der Waals surface area contributed by atoms with Crippen molar-refractivity contribution in [1.82, 2.24) is 5.32 Å². The van der Waals surface area contributed by atoms with Crippen LogP contribution in [0.3, 0.4) is 0 Å². The average molecular weight is 187 g/mol. The Morgan fingerprint density at radius 3 is 2.54 bits per heavy atom. The molecule has 0 aromatic carbocycles. The summed E-state index contributed by atoms with van der Waals surface area (Å²) in [5.74, 6) is 0.0597. The van der Waals surface area contributed by atoms with Gasteiger partial charge in [-0.1, -0.05) is 6.92 Å². The first-order chi connectivity index (χ1) is 6.06. The minimum absolute atomic E-state index is 0.0345. The van der Waals surface area contributed by atoms with E-state index in [9.17, 15) is 9.59 Å². The molecule has 76 valence electrons. The zero-order chi connectivity index (χ0) is 10.3. The summed E-state index contributed by atoms with van der Waals surface area (Å²) in [6.45, 7) is 4.06. The Kier molecular flexibility index (Phi) is 6.14. The van der Waals surface area contributed by atoms with Gasteiger partial charge >= 0.3 is 0 Å². The molecular weight excluding hydrogens is 170 g/mol. The number of rotatable bonds is 6. The van der Waals surface area contributed by atoms with Gasteiger partial charge in [-0.15, -0.1) is 0 Å². The fraction of sp³-hybridized carbons (Fsp3) is 0.778. The predicted octanol–water partition coefficient (Wildman–Crippen LogP) is 0.364. The van der Waals surface area contributed by atoms with Crippen molar-refractivity contribution >= 4 is 11.7 Å². The highest BCUT2D eigenvalue weighted by atomic mass is 16.5. The van der Waals surface area contributed by atoms with E-state index in [4.69, 9.17) is 4.74 Å². The van der Waals surface area contributed by atoms with Crippen LogP contribution in [0.5, 0.6) is 0 Å². The number of carbonyl (C=O) groups is 2. The molecule has 0 fully saturated rings. The van der Waals surface area contributed by atoms with Crippen molar-refractivity contribution in [2.24, 2.45) is 5.92 Å². The maximum atomic E-state index is 11.1. The first-order valence-corrected chi connectivity index (χ1v) is 4.31. The average Bonchev–Trinajstić information content (AvgIpc) is 2.01. The van der Waals surface area contributed by atoms with Crippen LogP contribution in [-0.2, 0) is 14.3 Å². The molecule has 0 saturated heterocycles. The molecule has 0 radical (unpaired) electrons. The van der Waals surface area contributed by atoms with Gasteiger partial charge in [-0.2, -0.15) is 0 Å². The van der Waals surface area contributed by atoms with Gasteiger partial charge in [0, 0.05) is 20.1 Å². The molecule has 1 atom stereocenters. The molecule has 0 bridgehead atoms. The van der Waals surface area contributed by atoms with Gasteiger partial charge in [0.25, 0.3) is 0 Å². The van der Waals surface area contributed by atoms with Crippen molar-refractivity contribution in [3.63, 3.8) is 0 Å². The Bertz CT molecular complexity index is 180. The van der Waals surface area contributed by atoms with Crippen molar-refractivity contribution in [1.29, 1.82) is 0 Å². The largest absolute Gasteiger partial charge is 0.384 e. The Hall–Kier alpha value is -0.900. The lowest BCUT2D eigenvalue weighted by Crippen LogP contribution is -2.30. The number of methoxy groups -OCH3 is 1. The van der Waals surface area contributed by atoms with E-state index >= 15 is 0 Å². The molecule has 4 heteroatoms. The molecule has 0 saturated carbocycles. The Morgan fingerprint density at radius 2 is 2.08 bits per heavy atom. The van der Waals surface area contributed by atoms with Crippen molar-refractivity contribution in [3.8, 4) is 0 Å². The van der Waals surface area contributed by atoms with E-state index in [-0.39, 0.29) is 24.2 Å². The molecule has 0 aliphatic rings. The molecule has 0 rings (SSSR count). The van der Waals surface area contributed by atoms with Crippen LogP contribution in [0.4, 0.5) is 0 Å². The van der Waals surface area contributed by atoms with Crippen LogP contribution in [-0.4, -0.2) is 32.0 Å². The van der Waals surface area contributed by atoms with Crippen LogP contribution < -0.4 is 5.32 Å². The highest BCUT2D eigenvalue weighted by molar-refractivity contribution is 5.84. The zero-order valence-corrected chi connectivity index (χ0v) is 8.42. The molecule has 0 spiro atoms. The first-order valence-electron chi connectivity index (χ1n) is 4.31. The molecule has 13 heavy (non-hydrogen) atoms. The topological polar surface area (TPSA) is 55.4 Å². The standard InChI is InChI=1S/C9H17NO3/c1-7(6-13-3)4-9(12)10-5-8(2)11/h7H,4-6H2,1-3H3,(H,10,12). The number of ether oxygens (including phenoxy) is 1. The number of Topliss-reactive ketones (excluding diaryl/α,β-unsaturated/α-hetero) is 1. The lowest BCUT2D eigenvalue weighted by molar-refractivity contribution is -0.125. The maximum absolute atomic E-state index is 11.1. The van der Waals surface area contributed by atoms with E-state index in [1.807, 2.05) is 6.92 Å². The van der Waals surface area contributed by atoms with Crippen LogP contribution in [0.15, 0.2) is 0 Å². The van der Waals surface area contributed by atoms with Crippen LogP contribution in [0.2, 0.25) is 0 Å². The number of ketones is 1. The zero-order valence-electron chi connectivity index (χ0n) is 8.42. The van der Waals surface area contributed by atoms with Crippen molar-refractivity contribution in [2.75, 3.05) is 20.3 Å². The fourth-order valence-electron chi connectivity index (χ4n) is 0.955. The van der Waals surface area contributed by atoms with E-state index in [0.717, 1.165) is 0 Å². The minimum Gasteiger partial charge on any atom is -0.384 e. The number of carbonyl (C=O) groups excluding carboxylic acids is 2. The molecule has 0 aromatic heterocycles. The molecule has 1 amide bonds. The molecule has 1 unspecified atom stereocenters. The van der Waals surface area contributed by atoms with Gasteiger partial charge in [-0.25, -0.2) is 0 Å². The highest BCUT2D eigenvalue weighted by Gasteiger charge is 2.08. The SMILES string of the molecule is COCC(C)CC(=O)NCC(C)=O. The van der Waals surface area contributed by atoms with Crippen LogP contribution >= 0.6 is 0 Å². The van der Waals surface area contributed by atoms with Gasteiger partial charge in [0.05, 0.1) is 6.54 Å². The molecule has 0 aromatic rings. The van der Waals surface area contributed by atoms with Gasteiger partial charge in [0.15, 0.2) is 0 Å². The summed E-state index contributed by atoms with van der Waals surface area (Å²) in [5.41, 5.74) is 0. The van der Waals surface area contributed by atoms with Gasteiger partial charge in [0.2, 0.25) is 5.91 Å². The van der Waals surface area contributed by atoms with Crippen molar-refractivity contribution < 1.29 is 14.3 Å². The summed E-state index contributed by atoms with van der Waals surface area (Å²) in [6, 6.07) is 0. The lowest BCUT2D eigenvalue weighted by atomic mass is 10.1. The molecule has 0 aliphatic heterocycles. The van der Waals surface area contributed by atoms with Gasteiger partial charge in [0.1, 0.15) is 5.78 Å². The summed E-state index contributed by atoms with van der Waals surface area (Å²) in [7, 11) is 1.60. The van der Waals surface area contributed by atoms with Crippen LogP contribution in [0.25, 0.3) is 0 Å². The second-order valence-electron chi connectivity index (χ2n) is 3.24. The fourth-order valence-corrected chi connectivity index (χ4v) is 0.955. The lowest BCUT2D eigenvalue weighted by Gasteiger charge is -2.09. The highest BCUT2D eigenvalue weighted by Crippen LogP contribution is 2.00. The van der Waals surface area contributed by atoms with Crippen molar-refractivity contribution in [3.05, 3.63) is 0 Å². The Morgan fingerprint density at radius 1 is 1.46 bits per heavy atom. The monoisotopic (exact) mass is 187 g/mol. The summed E-state index contributed by atoms with van der Waals surface area (Å²) in [4.78, 5) is 21.6. The summed E-state index contributed by atoms with van der Waals surface area (Å²) < 4.78 is 4.88. The predicted molar refractivity (Wildman–Crippen MR) is 49.3 cm³/mol. The van der Waals surface area contributed by atoms with E-state index in [0.29, 0.717) is 13.0 Å². The molecule has 1 N–H and O–H groups in total. The van der Waals surface area contributed by atoms with E-state index in [1.165, 1.54) is 6.92 Å². The molecule has 0 aliphatic carbocycles. The summed E-state index contributed by atoms with van der Waals surface area (Å²) in [5, 5.41) is 2.53. The van der Waals surface area contributed by atoms with Gasteiger partial charge < -0.3 is 10.1 Å². The summed E-state index contributed by atoms with van der Waals surface area (Å²) >= 11 is 0. The summed E-state index contributed by atoms with van der Waals surface area (Å²) in [6.07, 6.45) is 0.404. The third-order valence-electron chi connectivity index (χ3n) is 1.52. The molecule has 4 nitrogen and oxygen atoms in total. The van der Waals surface area contributed by atoms with Crippen LogP contribution in [0.1, 0.15) is 20.3 Å². The third-order valence-corrected chi connectivity index (χ3v) is 1.52. The number of amides is 1. The molecular formula is C9H17NO3. The maximum Gasteiger partial charge on any atom is 0.220 e. The van der Waals surface area contributed by atoms with Gasteiger partial charge in [-0.3, -0.25) is 9.59 Å². The number of nitrogens with one attached hydrogen (secondary N) is 1. The minimum atomic E-state index is -0.0975. The first kappa shape index (κ1) is 12.1. The normalized spacial score (nSPS) is 12.2. The second kappa shape index (κ2) is 6.60. The Labute approximate surface area is 78.6 Å². The van der Waals surface area contributed by atoms with E-state index in [1.54, 1.807) is 7.11 Å². The second-order valence-corrected chi connectivity index (χ2v) is 3.24. The number of hydrogen-bond acceptors (Lipinski definition) is 3. The van der Waals surface area contributed by atoms with E-state index < -0.39 is 0 Å². The quantitative estimate of drug-likeness (QED) is 0.653. The van der Waals surface area contributed by atoms with Gasteiger partial charge in [-0.05, 0) is 12.8 Å². The third kappa shape index (κ3) is 7.46. The molecule has 0 heterocycles. The number of hydrogen-bond donors (Lipinski definition) is 1. The van der Waals surface area contributed by atoms with Crippen LogP contribution in [0, 0.1) is 5.92 Å². The smallest absolute Gasteiger partial charge is 0.220 e. The Balaban J connectivity index is 3.55. The van der Waals surface area contributed by atoms with E-state index in [2.05, 4.69) is 5.32 Å². The van der Waals surface area contributed by atoms with Crippen molar-refractivity contribution in [2.45, 2.75) is 20.3 Å².